The van der Waals surface area contributed by atoms with Crippen molar-refractivity contribution in [2.45, 2.75) is 20.3 Å². The number of benzene rings is 1. The number of nitrogens with zero attached hydrogens (tertiary/aromatic N) is 1. The summed E-state index contributed by atoms with van der Waals surface area (Å²) < 4.78 is 18.4. The van der Waals surface area contributed by atoms with Crippen molar-refractivity contribution < 1.29 is 18.8 Å². The molecule has 0 bridgehead atoms. The van der Waals surface area contributed by atoms with Crippen LogP contribution in [0.15, 0.2) is 22.7 Å². The number of rotatable bonds is 3. The predicted octanol–water partition coefficient (Wildman–Crippen LogP) is 2.32. The quantitative estimate of drug-likeness (QED) is 0.834. The second kappa shape index (κ2) is 5.09. The largest absolute Gasteiger partial charge is 0.508 e. The number of halogens is 1. The monoisotopic (exact) mass is 264 g/mol. The van der Waals surface area contributed by atoms with Crippen LogP contribution >= 0.6 is 0 Å². The molecule has 5 nitrogen and oxygen atoms in total. The van der Waals surface area contributed by atoms with E-state index < -0.39 is 5.82 Å². The van der Waals surface area contributed by atoms with Crippen LogP contribution < -0.4 is 5.32 Å². The fourth-order valence-corrected chi connectivity index (χ4v) is 1.71. The average Bonchev–Trinajstić information content (AvgIpc) is 2.65. The molecule has 0 spiro atoms. The molecule has 6 heteroatoms. The highest BCUT2D eigenvalue weighted by molar-refractivity contribution is 5.92. The summed E-state index contributed by atoms with van der Waals surface area (Å²) in [5, 5.41) is 15.3. The van der Waals surface area contributed by atoms with Crippen LogP contribution in [0.1, 0.15) is 17.0 Å². The Bertz CT molecular complexity index is 603. The van der Waals surface area contributed by atoms with Gasteiger partial charge < -0.3 is 14.9 Å². The van der Waals surface area contributed by atoms with Crippen LogP contribution in [0, 0.1) is 19.7 Å². The van der Waals surface area contributed by atoms with Crippen LogP contribution in [-0.2, 0) is 11.2 Å². The van der Waals surface area contributed by atoms with Gasteiger partial charge in [-0.3, -0.25) is 4.79 Å². The molecule has 0 aliphatic heterocycles. The molecule has 0 aliphatic carbocycles. The van der Waals surface area contributed by atoms with E-state index in [1.54, 1.807) is 13.8 Å². The van der Waals surface area contributed by atoms with E-state index in [2.05, 4.69) is 10.5 Å². The number of anilines is 1. The Balaban J connectivity index is 2.10. The Morgan fingerprint density at radius 1 is 1.47 bits per heavy atom. The maximum Gasteiger partial charge on any atom is 0.229 e. The van der Waals surface area contributed by atoms with E-state index in [9.17, 15) is 9.18 Å². The fraction of sp³-hybridized carbons (Fsp3) is 0.231. The van der Waals surface area contributed by atoms with E-state index in [0.29, 0.717) is 17.0 Å². The van der Waals surface area contributed by atoms with Gasteiger partial charge in [-0.15, -0.1) is 0 Å². The normalized spacial score (nSPS) is 10.5. The van der Waals surface area contributed by atoms with E-state index in [-0.39, 0.29) is 23.8 Å². The summed E-state index contributed by atoms with van der Waals surface area (Å²) in [6.07, 6.45) is 0.0570. The number of carbonyl (C=O) groups is 1. The van der Waals surface area contributed by atoms with Crippen LogP contribution in [-0.4, -0.2) is 16.2 Å². The Labute approximate surface area is 109 Å². The van der Waals surface area contributed by atoms with Crippen molar-refractivity contribution in [1.82, 2.24) is 5.16 Å². The maximum absolute atomic E-state index is 13.4. The van der Waals surface area contributed by atoms with Gasteiger partial charge in [0, 0.05) is 11.6 Å². The lowest BCUT2D eigenvalue weighted by atomic mass is 10.1. The molecule has 0 saturated heterocycles. The summed E-state index contributed by atoms with van der Waals surface area (Å²) in [6, 6.07) is 3.54. The minimum absolute atomic E-state index is 0.0227. The zero-order valence-electron chi connectivity index (χ0n) is 10.5. The summed E-state index contributed by atoms with van der Waals surface area (Å²) in [7, 11) is 0. The summed E-state index contributed by atoms with van der Waals surface area (Å²) in [5.74, 6) is -0.689. The molecule has 19 heavy (non-hydrogen) atoms. The number of amides is 1. The summed E-state index contributed by atoms with van der Waals surface area (Å²) in [6.45, 7) is 3.45. The third kappa shape index (κ3) is 2.90. The van der Waals surface area contributed by atoms with Gasteiger partial charge in [-0.05, 0) is 26.0 Å². The molecule has 0 radical (unpaired) electrons. The zero-order valence-corrected chi connectivity index (χ0v) is 10.5. The maximum atomic E-state index is 13.4. The molecule has 2 rings (SSSR count). The molecule has 1 heterocycles. The standard InChI is InChI=1S/C13H13FN2O3/c1-7-10(8(2)19-16-7)6-13(18)15-12-4-3-9(17)5-11(12)14/h3-5,17H,6H2,1-2H3,(H,15,18). The number of hydrogen-bond donors (Lipinski definition) is 2. The highest BCUT2D eigenvalue weighted by Gasteiger charge is 2.14. The number of aromatic nitrogens is 1. The third-order valence-corrected chi connectivity index (χ3v) is 2.75. The van der Waals surface area contributed by atoms with Crippen LogP contribution in [0.4, 0.5) is 10.1 Å². The Morgan fingerprint density at radius 2 is 2.21 bits per heavy atom. The topological polar surface area (TPSA) is 75.4 Å². The third-order valence-electron chi connectivity index (χ3n) is 2.75. The molecule has 1 aromatic heterocycles. The van der Waals surface area contributed by atoms with Crippen molar-refractivity contribution in [3.8, 4) is 5.75 Å². The van der Waals surface area contributed by atoms with E-state index >= 15 is 0 Å². The van der Waals surface area contributed by atoms with Gasteiger partial charge in [0.1, 0.15) is 17.3 Å². The van der Waals surface area contributed by atoms with E-state index in [1.165, 1.54) is 12.1 Å². The number of aryl methyl sites for hydroxylation is 2. The molecule has 0 aliphatic rings. The Kier molecular flexibility index (Phi) is 3.50. The average molecular weight is 264 g/mol. The number of nitrogens with one attached hydrogen (secondary N) is 1. The minimum atomic E-state index is -0.688. The van der Waals surface area contributed by atoms with Gasteiger partial charge in [0.05, 0.1) is 17.8 Å². The van der Waals surface area contributed by atoms with Gasteiger partial charge in [-0.1, -0.05) is 5.16 Å². The van der Waals surface area contributed by atoms with Crippen molar-refractivity contribution in [2.24, 2.45) is 0 Å². The first-order chi connectivity index (χ1) is 8.97. The van der Waals surface area contributed by atoms with Crippen LogP contribution in [0.5, 0.6) is 5.75 Å². The fourth-order valence-electron chi connectivity index (χ4n) is 1.71. The van der Waals surface area contributed by atoms with Gasteiger partial charge in [0.15, 0.2) is 0 Å². The number of phenolic OH excluding ortho intramolecular Hbond substituents is 1. The van der Waals surface area contributed by atoms with Crippen molar-refractivity contribution >= 4 is 11.6 Å². The Morgan fingerprint density at radius 3 is 2.79 bits per heavy atom. The SMILES string of the molecule is Cc1noc(C)c1CC(=O)Nc1ccc(O)cc1F. The molecule has 0 fully saturated rings. The Hall–Kier alpha value is -2.37. The number of phenols is 1. The minimum Gasteiger partial charge on any atom is -0.508 e. The predicted molar refractivity (Wildman–Crippen MR) is 66.4 cm³/mol. The van der Waals surface area contributed by atoms with E-state index in [4.69, 9.17) is 9.63 Å². The van der Waals surface area contributed by atoms with Crippen molar-refractivity contribution in [3.05, 3.63) is 41.0 Å². The van der Waals surface area contributed by atoms with Crippen LogP contribution in [0.25, 0.3) is 0 Å². The summed E-state index contributed by atoms with van der Waals surface area (Å²) in [4.78, 5) is 11.8. The number of hydrogen-bond acceptors (Lipinski definition) is 4. The molecule has 0 unspecified atom stereocenters. The molecule has 0 atom stereocenters. The zero-order chi connectivity index (χ0) is 14.0. The lowest BCUT2D eigenvalue weighted by molar-refractivity contribution is -0.115. The molecule has 1 amide bonds. The first kappa shape index (κ1) is 13.1. The molecule has 0 saturated carbocycles. The first-order valence-corrected chi connectivity index (χ1v) is 5.67. The number of aromatic hydroxyl groups is 1. The number of carbonyl (C=O) groups excluding carboxylic acids is 1. The van der Waals surface area contributed by atoms with Crippen molar-refractivity contribution in [2.75, 3.05) is 5.32 Å². The van der Waals surface area contributed by atoms with Crippen LogP contribution in [0.2, 0.25) is 0 Å². The van der Waals surface area contributed by atoms with E-state index in [1.807, 2.05) is 0 Å². The molecule has 2 N–H and O–H groups in total. The molecular weight excluding hydrogens is 251 g/mol. The second-order valence-corrected chi connectivity index (χ2v) is 4.19. The van der Waals surface area contributed by atoms with E-state index in [0.717, 1.165) is 6.07 Å². The molecular formula is C13H13FN2O3. The van der Waals surface area contributed by atoms with Gasteiger partial charge in [0.25, 0.3) is 0 Å². The van der Waals surface area contributed by atoms with Crippen molar-refractivity contribution in [3.63, 3.8) is 0 Å². The van der Waals surface area contributed by atoms with Gasteiger partial charge in [-0.2, -0.15) is 0 Å². The highest BCUT2D eigenvalue weighted by Crippen LogP contribution is 2.20. The molecule has 100 valence electrons. The van der Waals surface area contributed by atoms with Gasteiger partial charge in [-0.25, -0.2) is 4.39 Å². The smallest absolute Gasteiger partial charge is 0.229 e. The highest BCUT2D eigenvalue weighted by atomic mass is 19.1. The van der Waals surface area contributed by atoms with Gasteiger partial charge >= 0.3 is 0 Å². The lowest BCUT2D eigenvalue weighted by Crippen LogP contribution is -2.16. The van der Waals surface area contributed by atoms with Crippen molar-refractivity contribution in [1.29, 1.82) is 0 Å². The first-order valence-electron chi connectivity index (χ1n) is 5.67. The molecule has 1 aromatic carbocycles. The van der Waals surface area contributed by atoms with Gasteiger partial charge in [0.2, 0.25) is 5.91 Å². The van der Waals surface area contributed by atoms with Crippen LogP contribution in [0.3, 0.4) is 0 Å². The summed E-state index contributed by atoms with van der Waals surface area (Å²) in [5.41, 5.74) is 1.35. The lowest BCUT2D eigenvalue weighted by Gasteiger charge is -2.06. The molecule has 2 aromatic rings. The summed E-state index contributed by atoms with van der Waals surface area (Å²) >= 11 is 0. The second-order valence-electron chi connectivity index (χ2n) is 4.19.